The van der Waals surface area contributed by atoms with Gasteiger partial charge in [-0.05, 0) is 35.0 Å². The Hall–Kier alpha value is -1.47. The molecule has 0 aromatic heterocycles. The van der Waals surface area contributed by atoms with Gasteiger partial charge in [0.05, 0.1) is 10.5 Å². The summed E-state index contributed by atoms with van der Waals surface area (Å²) in [5, 5.41) is 16.7. The number of nitrogens with zero attached hydrogens (tertiary/aromatic N) is 1. The summed E-state index contributed by atoms with van der Waals surface area (Å²) in [4.78, 5) is 22.2. The Morgan fingerprint density at radius 3 is 2.94 bits per heavy atom. The first kappa shape index (κ1) is 13.0. The van der Waals surface area contributed by atoms with Crippen LogP contribution in [0.25, 0.3) is 0 Å². The lowest BCUT2D eigenvalue weighted by atomic mass is 10.1. The molecule has 0 radical (unpaired) electrons. The van der Waals surface area contributed by atoms with E-state index in [2.05, 4.69) is 26.6 Å². The van der Waals surface area contributed by atoms with Crippen molar-refractivity contribution in [3.63, 3.8) is 0 Å². The number of nitro benzene ring substituents is 1. The standard InChI is InChI=1S/C11H12BrN3O3/c12-10-2-1-8(15(17)18)5-9(10)11(16)14-7-3-4-13-6-7/h1-2,5,7,13H,3-4,6H2,(H,14,16). The Balaban J connectivity index is 2.17. The molecule has 1 aromatic carbocycles. The summed E-state index contributed by atoms with van der Waals surface area (Å²) < 4.78 is 0.552. The molecular formula is C11H12BrN3O3. The highest BCUT2D eigenvalue weighted by molar-refractivity contribution is 9.10. The van der Waals surface area contributed by atoms with Crippen LogP contribution in [0.15, 0.2) is 22.7 Å². The summed E-state index contributed by atoms with van der Waals surface area (Å²) in [6.45, 7) is 1.61. The number of hydrogen-bond donors (Lipinski definition) is 2. The van der Waals surface area contributed by atoms with Crippen molar-refractivity contribution in [2.45, 2.75) is 12.5 Å². The minimum atomic E-state index is -0.514. The first-order chi connectivity index (χ1) is 8.58. The molecule has 1 saturated heterocycles. The van der Waals surface area contributed by atoms with E-state index in [0.29, 0.717) is 4.47 Å². The third-order valence-corrected chi connectivity index (χ3v) is 3.49. The van der Waals surface area contributed by atoms with Crippen molar-refractivity contribution in [1.29, 1.82) is 0 Å². The monoisotopic (exact) mass is 313 g/mol. The molecule has 18 heavy (non-hydrogen) atoms. The third-order valence-electron chi connectivity index (χ3n) is 2.80. The molecule has 2 N–H and O–H groups in total. The van der Waals surface area contributed by atoms with E-state index in [-0.39, 0.29) is 23.2 Å². The molecule has 1 fully saturated rings. The average Bonchev–Trinajstić information content (AvgIpc) is 2.81. The average molecular weight is 314 g/mol. The molecule has 1 atom stereocenters. The van der Waals surface area contributed by atoms with E-state index in [4.69, 9.17) is 0 Å². The predicted molar refractivity (Wildman–Crippen MR) is 69.5 cm³/mol. The number of halogens is 1. The fourth-order valence-electron chi connectivity index (χ4n) is 1.84. The van der Waals surface area contributed by atoms with Gasteiger partial charge in [0.25, 0.3) is 11.6 Å². The number of nitro groups is 1. The number of carbonyl (C=O) groups is 1. The van der Waals surface area contributed by atoms with Crippen LogP contribution in [0, 0.1) is 10.1 Å². The van der Waals surface area contributed by atoms with Gasteiger partial charge in [0.1, 0.15) is 0 Å². The zero-order valence-corrected chi connectivity index (χ0v) is 11.1. The van der Waals surface area contributed by atoms with Crippen molar-refractivity contribution < 1.29 is 9.72 Å². The van der Waals surface area contributed by atoms with Crippen molar-refractivity contribution in [2.75, 3.05) is 13.1 Å². The minimum absolute atomic E-state index is 0.0867. The molecule has 1 aliphatic rings. The molecule has 1 amide bonds. The lowest BCUT2D eigenvalue weighted by Crippen LogP contribution is -2.36. The Labute approximate surface area is 112 Å². The molecule has 7 heteroatoms. The molecule has 1 unspecified atom stereocenters. The van der Waals surface area contributed by atoms with Crippen LogP contribution in [-0.2, 0) is 0 Å². The van der Waals surface area contributed by atoms with Crippen LogP contribution >= 0.6 is 15.9 Å². The van der Waals surface area contributed by atoms with Gasteiger partial charge in [-0.25, -0.2) is 0 Å². The van der Waals surface area contributed by atoms with E-state index in [0.717, 1.165) is 19.5 Å². The zero-order valence-electron chi connectivity index (χ0n) is 9.48. The first-order valence-electron chi connectivity index (χ1n) is 5.53. The number of non-ortho nitro benzene ring substituents is 1. The molecule has 0 bridgehead atoms. The Morgan fingerprint density at radius 2 is 2.33 bits per heavy atom. The highest BCUT2D eigenvalue weighted by Crippen LogP contribution is 2.22. The second-order valence-corrected chi connectivity index (χ2v) is 4.94. The van der Waals surface area contributed by atoms with Gasteiger partial charge in [-0.1, -0.05) is 0 Å². The number of nitrogens with one attached hydrogen (secondary N) is 2. The smallest absolute Gasteiger partial charge is 0.270 e. The Bertz CT molecular complexity index is 486. The molecular weight excluding hydrogens is 302 g/mol. The fourth-order valence-corrected chi connectivity index (χ4v) is 2.27. The van der Waals surface area contributed by atoms with Gasteiger partial charge >= 0.3 is 0 Å². The molecule has 1 heterocycles. The molecule has 1 aliphatic heterocycles. The summed E-state index contributed by atoms with van der Waals surface area (Å²) in [6.07, 6.45) is 0.873. The van der Waals surface area contributed by atoms with Gasteiger partial charge in [0.15, 0.2) is 0 Å². The summed E-state index contributed by atoms with van der Waals surface area (Å²) in [7, 11) is 0. The number of amides is 1. The molecule has 0 aliphatic carbocycles. The quantitative estimate of drug-likeness (QED) is 0.653. The topological polar surface area (TPSA) is 84.3 Å². The van der Waals surface area contributed by atoms with Crippen LogP contribution in [0.2, 0.25) is 0 Å². The summed E-state index contributed by atoms with van der Waals surface area (Å²) >= 11 is 3.23. The second-order valence-electron chi connectivity index (χ2n) is 4.08. The van der Waals surface area contributed by atoms with E-state index < -0.39 is 4.92 Å². The van der Waals surface area contributed by atoms with Crippen molar-refractivity contribution in [3.05, 3.63) is 38.3 Å². The van der Waals surface area contributed by atoms with Gasteiger partial charge in [0, 0.05) is 29.2 Å². The van der Waals surface area contributed by atoms with Crippen molar-refractivity contribution >= 4 is 27.5 Å². The van der Waals surface area contributed by atoms with Crippen molar-refractivity contribution in [2.24, 2.45) is 0 Å². The largest absolute Gasteiger partial charge is 0.348 e. The zero-order chi connectivity index (χ0) is 13.1. The van der Waals surface area contributed by atoms with Gasteiger partial charge in [-0.15, -0.1) is 0 Å². The highest BCUT2D eigenvalue weighted by atomic mass is 79.9. The number of rotatable bonds is 3. The van der Waals surface area contributed by atoms with E-state index >= 15 is 0 Å². The Morgan fingerprint density at radius 1 is 1.56 bits per heavy atom. The molecule has 2 rings (SSSR count). The van der Waals surface area contributed by atoms with Crippen molar-refractivity contribution in [3.8, 4) is 0 Å². The van der Waals surface area contributed by atoms with Gasteiger partial charge in [0.2, 0.25) is 0 Å². The van der Waals surface area contributed by atoms with E-state index in [1.807, 2.05) is 0 Å². The summed E-state index contributed by atoms with van der Waals surface area (Å²) in [5.74, 6) is -0.292. The number of carbonyl (C=O) groups excluding carboxylic acids is 1. The van der Waals surface area contributed by atoms with Gasteiger partial charge < -0.3 is 10.6 Å². The highest BCUT2D eigenvalue weighted by Gasteiger charge is 2.20. The maximum Gasteiger partial charge on any atom is 0.270 e. The maximum atomic E-state index is 12.0. The molecule has 96 valence electrons. The number of hydrogen-bond acceptors (Lipinski definition) is 4. The van der Waals surface area contributed by atoms with Crippen molar-refractivity contribution in [1.82, 2.24) is 10.6 Å². The van der Waals surface area contributed by atoms with Crippen LogP contribution < -0.4 is 10.6 Å². The van der Waals surface area contributed by atoms with Gasteiger partial charge in [-0.3, -0.25) is 14.9 Å². The Kier molecular flexibility index (Phi) is 3.93. The van der Waals surface area contributed by atoms with Gasteiger partial charge in [-0.2, -0.15) is 0 Å². The predicted octanol–water partition coefficient (Wildman–Crippen LogP) is 1.45. The van der Waals surface area contributed by atoms with E-state index in [1.54, 1.807) is 0 Å². The minimum Gasteiger partial charge on any atom is -0.348 e. The van der Waals surface area contributed by atoms with Crippen LogP contribution in [0.4, 0.5) is 5.69 Å². The van der Waals surface area contributed by atoms with Crippen LogP contribution in [0.3, 0.4) is 0 Å². The molecule has 6 nitrogen and oxygen atoms in total. The second kappa shape index (κ2) is 5.45. The summed E-state index contributed by atoms with van der Waals surface area (Å²) in [6, 6.07) is 4.24. The van der Waals surface area contributed by atoms with E-state index in [9.17, 15) is 14.9 Å². The normalized spacial score (nSPS) is 18.6. The van der Waals surface area contributed by atoms with Crippen LogP contribution in [-0.4, -0.2) is 30.0 Å². The SMILES string of the molecule is O=C(NC1CCNC1)c1cc([N+](=O)[O-])ccc1Br. The van der Waals surface area contributed by atoms with E-state index in [1.165, 1.54) is 18.2 Å². The maximum absolute atomic E-state index is 12.0. The number of benzene rings is 1. The lowest BCUT2D eigenvalue weighted by Gasteiger charge is -2.12. The van der Waals surface area contributed by atoms with Crippen LogP contribution in [0.5, 0.6) is 0 Å². The fraction of sp³-hybridized carbons (Fsp3) is 0.364. The molecule has 1 aromatic rings. The third kappa shape index (κ3) is 2.85. The summed E-state index contributed by atoms with van der Waals surface area (Å²) in [5.41, 5.74) is 0.198. The molecule has 0 spiro atoms. The first-order valence-corrected chi connectivity index (χ1v) is 6.33. The van der Waals surface area contributed by atoms with Crippen LogP contribution in [0.1, 0.15) is 16.8 Å². The molecule has 0 saturated carbocycles. The lowest BCUT2D eigenvalue weighted by molar-refractivity contribution is -0.384.